The van der Waals surface area contributed by atoms with Crippen LogP contribution < -0.4 is 14.4 Å². The van der Waals surface area contributed by atoms with Crippen LogP contribution in [-0.4, -0.2) is 57.1 Å². The summed E-state index contributed by atoms with van der Waals surface area (Å²) in [4.78, 5) is 28.8. The standard InChI is InChI=1S/C32H41N3O5S/c1-5-33-32(37)29(23-26-15-8-7-9-16-26)34(24-27-17-12-14-25(3)22-27)31(36)20-13-21-35(41(4,38)39)28-18-10-11-19-30(28)40-6-2/h7-12,14-19,22,29H,5-6,13,20-21,23-24H2,1-4H3,(H,33,37). The minimum atomic E-state index is -3.64. The molecule has 3 aromatic rings. The van der Waals surface area contributed by atoms with E-state index in [0.717, 1.165) is 22.9 Å². The number of aryl methyl sites for hydroxylation is 1. The molecule has 0 aliphatic heterocycles. The molecule has 0 aromatic heterocycles. The van der Waals surface area contributed by atoms with E-state index in [1.807, 2.05) is 75.4 Å². The molecule has 3 rings (SSSR count). The van der Waals surface area contributed by atoms with E-state index in [4.69, 9.17) is 4.74 Å². The lowest BCUT2D eigenvalue weighted by atomic mass is 10.0. The van der Waals surface area contributed by atoms with Gasteiger partial charge in [-0.15, -0.1) is 0 Å². The Morgan fingerprint density at radius 1 is 0.927 bits per heavy atom. The monoisotopic (exact) mass is 579 g/mol. The molecule has 1 N–H and O–H groups in total. The molecular formula is C32H41N3O5S. The molecule has 41 heavy (non-hydrogen) atoms. The van der Waals surface area contributed by atoms with Gasteiger partial charge in [0.1, 0.15) is 11.8 Å². The first kappa shape index (κ1) is 31.7. The largest absolute Gasteiger partial charge is 0.492 e. The first-order valence-electron chi connectivity index (χ1n) is 14.0. The summed E-state index contributed by atoms with van der Waals surface area (Å²) in [6, 6.07) is 23.7. The van der Waals surface area contributed by atoms with Crippen molar-refractivity contribution < 1.29 is 22.7 Å². The van der Waals surface area contributed by atoms with Crippen molar-refractivity contribution >= 4 is 27.5 Å². The zero-order valence-corrected chi connectivity index (χ0v) is 25.2. The topological polar surface area (TPSA) is 96.0 Å². The molecule has 0 bridgehead atoms. The third kappa shape index (κ3) is 9.35. The SMILES string of the molecule is CCNC(=O)C(Cc1ccccc1)N(Cc1cccc(C)c1)C(=O)CCCN(c1ccccc1OCC)S(C)(=O)=O. The first-order valence-corrected chi connectivity index (χ1v) is 15.8. The van der Waals surface area contributed by atoms with Gasteiger partial charge >= 0.3 is 0 Å². The van der Waals surface area contributed by atoms with Crippen LogP contribution in [0.4, 0.5) is 5.69 Å². The molecule has 8 nitrogen and oxygen atoms in total. The smallest absolute Gasteiger partial charge is 0.243 e. The molecule has 0 spiro atoms. The Bertz CT molecular complexity index is 1400. The number of carbonyl (C=O) groups is 2. The van der Waals surface area contributed by atoms with Crippen molar-refractivity contribution in [1.29, 1.82) is 0 Å². The summed E-state index contributed by atoms with van der Waals surface area (Å²) in [6.45, 7) is 6.87. The Hall–Kier alpha value is -3.85. The minimum absolute atomic E-state index is 0.0688. The Kier molecular flexibility index (Phi) is 11.8. The fraction of sp³-hybridized carbons (Fsp3) is 0.375. The molecule has 220 valence electrons. The second-order valence-corrected chi connectivity index (χ2v) is 11.9. The van der Waals surface area contributed by atoms with E-state index in [0.29, 0.717) is 31.0 Å². The molecule has 0 aliphatic carbocycles. The van der Waals surface area contributed by atoms with Gasteiger partial charge in [-0.05, 0) is 50.5 Å². The van der Waals surface area contributed by atoms with E-state index < -0.39 is 16.1 Å². The molecule has 0 saturated heterocycles. The Morgan fingerprint density at radius 3 is 2.27 bits per heavy atom. The van der Waals surface area contributed by atoms with Gasteiger partial charge in [0, 0.05) is 32.5 Å². The molecule has 0 radical (unpaired) electrons. The maximum absolute atomic E-state index is 13.9. The lowest BCUT2D eigenvalue weighted by Gasteiger charge is -2.32. The van der Waals surface area contributed by atoms with Crippen molar-refractivity contribution in [2.75, 3.05) is 30.3 Å². The number of likely N-dealkylation sites (N-methyl/N-ethyl adjacent to an activating group) is 1. The summed E-state index contributed by atoms with van der Waals surface area (Å²) in [7, 11) is -3.64. The molecule has 0 saturated carbocycles. The molecule has 0 aliphatic rings. The molecule has 1 unspecified atom stereocenters. The highest BCUT2D eigenvalue weighted by molar-refractivity contribution is 7.92. The Morgan fingerprint density at radius 2 is 1.61 bits per heavy atom. The zero-order valence-electron chi connectivity index (χ0n) is 24.4. The summed E-state index contributed by atoms with van der Waals surface area (Å²) >= 11 is 0. The van der Waals surface area contributed by atoms with Gasteiger partial charge in [0.15, 0.2) is 0 Å². The molecule has 3 aromatic carbocycles. The van der Waals surface area contributed by atoms with E-state index >= 15 is 0 Å². The second-order valence-electron chi connectivity index (χ2n) is 9.95. The second kappa shape index (κ2) is 15.2. The Balaban J connectivity index is 1.88. The van der Waals surface area contributed by atoms with Crippen LogP contribution in [0, 0.1) is 6.92 Å². The fourth-order valence-corrected chi connectivity index (χ4v) is 5.75. The summed E-state index contributed by atoms with van der Waals surface area (Å²) in [6.07, 6.45) is 1.84. The molecule has 0 fully saturated rings. The van der Waals surface area contributed by atoms with Gasteiger partial charge in [0.05, 0.1) is 18.6 Å². The van der Waals surface area contributed by atoms with Crippen LogP contribution in [0.3, 0.4) is 0 Å². The normalized spacial score (nSPS) is 11.9. The van der Waals surface area contributed by atoms with E-state index in [1.54, 1.807) is 29.2 Å². The lowest BCUT2D eigenvalue weighted by Crippen LogP contribution is -2.50. The van der Waals surface area contributed by atoms with Crippen molar-refractivity contribution in [3.63, 3.8) is 0 Å². The third-order valence-corrected chi connectivity index (χ3v) is 7.82. The molecule has 0 heterocycles. The number of para-hydroxylation sites is 2. The van der Waals surface area contributed by atoms with Crippen molar-refractivity contribution in [2.45, 2.75) is 52.6 Å². The summed E-state index contributed by atoms with van der Waals surface area (Å²) in [5.74, 6) is 0.0259. The van der Waals surface area contributed by atoms with Crippen molar-refractivity contribution in [3.8, 4) is 5.75 Å². The van der Waals surface area contributed by atoms with Gasteiger partial charge in [-0.1, -0.05) is 72.3 Å². The van der Waals surface area contributed by atoms with Gasteiger partial charge in [-0.3, -0.25) is 13.9 Å². The number of rotatable bonds is 15. The van der Waals surface area contributed by atoms with Gasteiger partial charge in [-0.2, -0.15) is 0 Å². The average Bonchev–Trinajstić information content (AvgIpc) is 2.93. The van der Waals surface area contributed by atoms with Crippen molar-refractivity contribution in [1.82, 2.24) is 10.2 Å². The van der Waals surface area contributed by atoms with Crippen LogP contribution in [0.1, 0.15) is 43.4 Å². The number of ether oxygens (including phenoxy) is 1. The molecular weight excluding hydrogens is 538 g/mol. The number of nitrogens with zero attached hydrogens (tertiary/aromatic N) is 2. The molecule has 9 heteroatoms. The molecule has 1 atom stereocenters. The lowest BCUT2D eigenvalue weighted by molar-refractivity contribution is -0.141. The average molecular weight is 580 g/mol. The maximum atomic E-state index is 13.9. The minimum Gasteiger partial charge on any atom is -0.492 e. The summed E-state index contributed by atoms with van der Waals surface area (Å²) in [5.41, 5.74) is 3.36. The maximum Gasteiger partial charge on any atom is 0.243 e. The number of sulfonamides is 1. The number of amides is 2. The number of anilines is 1. The van der Waals surface area contributed by atoms with Crippen LogP contribution in [0.15, 0.2) is 78.9 Å². The van der Waals surface area contributed by atoms with Gasteiger partial charge in [-0.25, -0.2) is 8.42 Å². The van der Waals surface area contributed by atoms with E-state index in [-0.39, 0.29) is 37.7 Å². The highest BCUT2D eigenvalue weighted by atomic mass is 32.2. The summed E-state index contributed by atoms with van der Waals surface area (Å²) < 4.78 is 32.5. The number of hydrogen-bond donors (Lipinski definition) is 1. The van der Waals surface area contributed by atoms with Crippen LogP contribution in [0.2, 0.25) is 0 Å². The zero-order chi connectivity index (χ0) is 29.8. The number of benzene rings is 3. The van der Waals surface area contributed by atoms with E-state index in [2.05, 4.69) is 5.32 Å². The van der Waals surface area contributed by atoms with E-state index in [1.165, 1.54) is 4.31 Å². The van der Waals surface area contributed by atoms with Gasteiger partial charge in [0.2, 0.25) is 21.8 Å². The predicted molar refractivity (Wildman–Crippen MR) is 163 cm³/mol. The van der Waals surface area contributed by atoms with Gasteiger partial charge in [0.25, 0.3) is 0 Å². The number of carbonyl (C=O) groups excluding carboxylic acids is 2. The van der Waals surface area contributed by atoms with E-state index in [9.17, 15) is 18.0 Å². The Labute approximate surface area is 244 Å². The highest BCUT2D eigenvalue weighted by Crippen LogP contribution is 2.30. The third-order valence-electron chi connectivity index (χ3n) is 6.64. The predicted octanol–water partition coefficient (Wildman–Crippen LogP) is 4.72. The van der Waals surface area contributed by atoms with Crippen LogP contribution in [0.25, 0.3) is 0 Å². The van der Waals surface area contributed by atoms with Crippen LogP contribution >= 0.6 is 0 Å². The van der Waals surface area contributed by atoms with Gasteiger partial charge < -0.3 is 15.0 Å². The quantitative estimate of drug-likeness (QED) is 0.281. The first-order chi connectivity index (χ1) is 19.6. The fourth-order valence-electron chi connectivity index (χ4n) is 4.78. The van der Waals surface area contributed by atoms with Crippen molar-refractivity contribution in [2.24, 2.45) is 0 Å². The summed E-state index contributed by atoms with van der Waals surface area (Å²) in [5, 5.41) is 2.90. The highest BCUT2D eigenvalue weighted by Gasteiger charge is 2.30. The van der Waals surface area contributed by atoms with Crippen LogP contribution in [0.5, 0.6) is 5.75 Å². The number of hydrogen-bond acceptors (Lipinski definition) is 5. The number of nitrogens with one attached hydrogen (secondary N) is 1. The van der Waals surface area contributed by atoms with Crippen LogP contribution in [-0.2, 0) is 32.6 Å². The van der Waals surface area contributed by atoms with Crippen molar-refractivity contribution in [3.05, 3.63) is 95.6 Å². The molecule has 2 amide bonds.